The number of likely N-dealkylation sites (N-methyl/N-ethyl adjacent to an activating group) is 1. The highest BCUT2D eigenvalue weighted by Crippen LogP contribution is 2.37. The number of aliphatic carboxylic acids is 1. The second-order valence-electron chi connectivity index (χ2n) is 6.81. The molecule has 0 aliphatic carbocycles. The van der Waals surface area contributed by atoms with Crippen LogP contribution in [0.15, 0.2) is 12.4 Å². The molecule has 1 aromatic heterocycles. The van der Waals surface area contributed by atoms with Crippen molar-refractivity contribution in [3.05, 3.63) is 18.2 Å². The Bertz CT molecular complexity index is 632. The molecule has 2 aliphatic heterocycles. The second kappa shape index (κ2) is 8.34. The molecule has 7 nitrogen and oxygen atoms in total. The second-order valence-corrected chi connectivity index (χ2v) is 6.81. The summed E-state index contributed by atoms with van der Waals surface area (Å²) >= 11 is 0. The first-order valence-corrected chi connectivity index (χ1v) is 8.35. The van der Waals surface area contributed by atoms with E-state index in [2.05, 4.69) is 33.9 Å². The summed E-state index contributed by atoms with van der Waals surface area (Å²) in [5.41, 5.74) is 0.0193. The van der Waals surface area contributed by atoms with Gasteiger partial charge in [0.05, 0.1) is 24.6 Å². The van der Waals surface area contributed by atoms with E-state index in [4.69, 9.17) is 14.6 Å². The molecule has 0 amide bonds. The number of carbonyl (C=O) groups is 1. The number of carboxylic acid groups (broad SMARTS) is 1. The molecular formula is C16H22F4N4O3. The van der Waals surface area contributed by atoms with Crippen LogP contribution in [0.2, 0.25) is 0 Å². The molecule has 3 heterocycles. The summed E-state index contributed by atoms with van der Waals surface area (Å²) < 4.78 is 50.7. The highest BCUT2D eigenvalue weighted by atomic mass is 19.4. The maximum Gasteiger partial charge on any atom is 0.490 e. The van der Waals surface area contributed by atoms with Crippen LogP contribution >= 0.6 is 0 Å². The van der Waals surface area contributed by atoms with Gasteiger partial charge in [-0.2, -0.15) is 13.2 Å². The highest BCUT2D eigenvalue weighted by molar-refractivity contribution is 5.73. The predicted molar refractivity (Wildman–Crippen MR) is 87.9 cm³/mol. The van der Waals surface area contributed by atoms with Crippen LogP contribution in [0.5, 0.6) is 0 Å². The molecule has 0 saturated carbocycles. The Labute approximate surface area is 153 Å². The van der Waals surface area contributed by atoms with Gasteiger partial charge in [-0.3, -0.25) is 0 Å². The summed E-state index contributed by atoms with van der Waals surface area (Å²) in [6.07, 6.45) is 0.427. The monoisotopic (exact) mass is 394 g/mol. The number of halogens is 4. The third-order valence-corrected chi connectivity index (χ3v) is 4.73. The minimum atomic E-state index is -5.08. The predicted octanol–water partition coefficient (Wildman–Crippen LogP) is 1.94. The number of rotatable bonds is 2. The highest BCUT2D eigenvalue weighted by Gasteiger charge is 2.43. The van der Waals surface area contributed by atoms with Crippen molar-refractivity contribution in [2.45, 2.75) is 37.1 Å². The van der Waals surface area contributed by atoms with Gasteiger partial charge in [-0.25, -0.2) is 19.2 Å². The van der Waals surface area contributed by atoms with E-state index in [-0.39, 0.29) is 5.60 Å². The van der Waals surface area contributed by atoms with Crippen LogP contribution in [0, 0.1) is 5.82 Å². The van der Waals surface area contributed by atoms with Crippen LogP contribution in [-0.2, 0) is 9.53 Å². The third kappa shape index (κ3) is 5.73. The molecule has 2 saturated heterocycles. The first kappa shape index (κ1) is 21.3. The van der Waals surface area contributed by atoms with Crippen molar-refractivity contribution < 1.29 is 32.2 Å². The average Bonchev–Trinajstić information content (AvgIpc) is 3.00. The van der Waals surface area contributed by atoms with E-state index >= 15 is 0 Å². The van der Waals surface area contributed by atoms with Crippen molar-refractivity contribution in [1.29, 1.82) is 0 Å². The first-order chi connectivity index (χ1) is 12.5. The lowest BCUT2D eigenvalue weighted by Gasteiger charge is -2.38. The molecule has 3 rings (SSSR count). The standard InChI is InChI=1S/C14H21FN4O.C2HF3O2/c1-18(2)12-7-14(20-10-12)3-5-19(6-4-14)13-16-8-11(15)9-17-13;3-2(4,5)1(6)7/h8-9,12H,3-7,10H2,1-2H3;(H,6,7). The number of ether oxygens (including phenoxy) is 1. The summed E-state index contributed by atoms with van der Waals surface area (Å²) in [6, 6.07) is 0.517. The Hall–Kier alpha value is -2.01. The van der Waals surface area contributed by atoms with Gasteiger partial charge in [0.25, 0.3) is 0 Å². The quantitative estimate of drug-likeness (QED) is 0.768. The number of carboxylic acids is 1. The minimum absolute atomic E-state index is 0.0193. The third-order valence-electron chi connectivity index (χ3n) is 4.73. The summed E-state index contributed by atoms with van der Waals surface area (Å²) in [7, 11) is 4.21. The summed E-state index contributed by atoms with van der Waals surface area (Å²) in [5.74, 6) is -2.54. The van der Waals surface area contributed by atoms with E-state index in [0.29, 0.717) is 12.0 Å². The van der Waals surface area contributed by atoms with Gasteiger partial charge in [0.15, 0.2) is 5.82 Å². The molecule has 0 bridgehead atoms. The van der Waals surface area contributed by atoms with E-state index in [9.17, 15) is 17.6 Å². The fourth-order valence-electron chi connectivity index (χ4n) is 3.08. The van der Waals surface area contributed by atoms with Crippen molar-refractivity contribution in [3.63, 3.8) is 0 Å². The van der Waals surface area contributed by atoms with Crippen LogP contribution in [-0.4, -0.2) is 77.6 Å². The largest absolute Gasteiger partial charge is 0.490 e. The zero-order valence-electron chi connectivity index (χ0n) is 15.0. The Kier molecular flexibility index (Phi) is 6.58. The van der Waals surface area contributed by atoms with Gasteiger partial charge in [0, 0.05) is 19.1 Å². The fraction of sp³-hybridized carbons (Fsp3) is 0.688. The molecule has 0 aromatic carbocycles. The van der Waals surface area contributed by atoms with Crippen molar-refractivity contribution in [3.8, 4) is 0 Å². The smallest absolute Gasteiger partial charge is 0.475 e. The molecule has 152 valence electrons. The molecule has 1 spiro atoms. The van der Waals surface area contributed by atoms with Crippen LogP contribution in [0.1, 0.15) is 19.3 Å². The van der Waals surface area contributed by atoms with Crippen molar-refractivity contribution >= 4 is 11.9 Å². The van der Waals surface area contributed by atoms with Crippen LogP contribution in [0.3, 0.4) is 0 Å². The van der Waals surface area contributed by atoms with Gasteiger partial charge in [-0.15, -0.1) is 0 Å². The van der Waals surface area contributed by atoms with Crippen LogP contribution in [0.25, 0.3) is 0 Å². The lowest BCUT2D eigenvalue weighted by molar-refractivity contribution is -0.192. The molecule has 27 heavy (non-hydrogen) atoms. The van der Waals surface area contributed by atoms with E-state index in [1.54, 1.807) is 0 Å². The number of piperidine rings is 1. The van der Waals surface area contributed by atoms with Gasteiger partial charge in [-0.1, -0.05) is 0 Å². The molecule has 1 atom stereocenters. The van der Waals surface area contributed by atoms with Crippen LogP contribution in [0.4, 0.5) is 23.5 Å². The summed E-state index contributed by atoms with van der Waals surface area (Å²) in [4.78, 5) is 21.3. The molecular weight excluding hydrogens is 372 g/mol. The van der Waals surface area contributed by atoms with Gasteiger partial charge in [0.2, 0.25) is 5.95 Å². The first-order valence-electron chi connectivity index (χ1n) is 8.35. The van der Waals surface area contributed by atoms with E-state index < -0.39 is 18.0 Å². The fourth-order valence-corrected chi connectivity index (χ4v) is 3.08. The maximum atomic E-state index is 12.8. The molecule has 2 aliphatic rings. The Morgan fingerprint density at radius 3 is 2.22 bits per heavy atom. The average molecular weight is 394 g/mol. The van der Waals surface area contributed by atoms with Crippen molar-refractivity contribution in [1.82, 2.24) is 14.9 Å². The summed E-state index contributed by atoms with van der Waals surface area (Å²) in [6.45, 7) is 2.55. The Morgan fingerprint density at radius 2 is 1.81 bits per heavy atom. The molecule has 11 heteroatoms. The zero-order chi connectivity index (χ0) is 20.2. The minimum Gasteiger partial charge on any atom is -0.475 e. The Balaban J connectivity index is 0.000000321. The number of aromatic nitrogens is 2. The number of hydrogen-bond acceptors (Lipinski definition) is 6. The number of nitrogens with zero attached hydrogens (tertiary/aromatic N) is 4. The SMILES string of the molecule is CN(C)C1COC2(CCN(c3ncc(F)cn3)CC2)C1.O=C(O)C(F)(F)F. The van der Waals surface area contributed by atoms with Crippen LogP contribution < -0.4 is 4.90 Å². The maximum absolute atomic E-state index is 12.8. The van der Waals surface area contributed by atoms with Gasteiger partial charge in [0.1, 0.15) is 0 Å². The molecule has 1 N–H and O–H groups in total. The molecule has 1 unspecified atom stereocenters. The Morgan fingerprint density at radius 1 is 1.30 bits per heavy atom. The topological polar surface area (TPSA) is 78.8 Å². The molecule has 1 aromatic rings. The lowest BCUT2D eigenvalue weighted by Crippen LogP contribution is -2.45. The normalized spacial score (nSPS) is 21.9. The zero-order valence-corrected chi connectivity index (χ0v) is 15.0. The van der Waals surface area contributed by atoms with E-state index in [1.165, 1.54) is 12.4 Å². The number of alkyl halides is 3. The number of anilines is 1. The van der Waals surface area contributed by atoms with E-state index in [0.717, 1.165) is 39.0 Å². The summed E-state index contributed by atoms with van der Waals surface area (Å²) in [5, 5.41) is 7.12. The molecule has 2 fully saturated rings. The number of hydrogen-bond donors (Lipinski definition) is 1. The van der Waals surface area contributed by atoms with Gasteiger partial charge < -0.3 is 19.6 Å². The molecule has 0 radical (unpaired) electrons. The van der Waals surface area contributed by atoms with Gasteiger partial charge in [-0.05, 0) is 33.4 Å². The van der Waals surface area contributed by atoms with E-state index in [1.807, 2.05) is 0 Å². The lowest BCUT2D eigenvalue weighted by atomic mass is 9.87. The van der Waals surface area contributed by atoms with Crippen molar-refractivity contribution in [2.75, 3.05) is 38.7 Å². The van der Waals surface area contributed by atoms with Gasteiger partial charge >= 0.3 is 12.1 Å². The van der Waals surface area contributed by atoms with Crippen molar-refractivity contribution in [2.24, 2.45) is 0 Å².